The van der Waals surface area contributed by atoms with Gasteiger partial charge in [0.05, 0.1) is 13.5 Å². The Bertz CT molecular complexity index is 443. The van der Waals surface area contributed by atoms with Gasteiger partial charge in [0.25, 0.3) is 0 Å². The van der Waals surface area contributed by atoms with E-state index in [1.165, 1.54) is 14.0 Å². The van der Waals surface area contributed by atoms with Gasteiger partial charge in [-0.25, -0.2) is 0 Å². The maximum absolute atomic E-state index is 12.6. The number of hydrogen-bond acceptors (Lipinski definition) is 4. The van der Waals surface area contributed by atoms with Crippen molar-refractivity contribution in [3.63, 3.8) is 0 Å². The van der Waals surface area contributed by atoms with E-state index >= 15 is 0 Å². The number of carbonyl (C=O) groups excluding carboxylic acids is 3. The molecular weight excluding hydrogens is 284 g/mol. The summed E-state index contributed by atoms with van der Waals surface area (Å²) >= 11 is 0. The van der Waals surface area contributed by atoms with Crippen LogP contribution >= 0.6 is 0 Å². The molecule has 1 atom stereocenters. The van der Waals surface area contributed by atoms with Gasteiger partial charge in [0.1, 0.15) is 6.04 Å². The number of hydrogen-bond donors (Lipinski definition) is 2. The van der Waals surface area contributed by atoms with Gasteiger partial charge in [-0.3, -0.25) is 14.4 Å². The number of nitrogens with one attached hydrogen (secondary N) is 2. The van der Waals surface area contributed by atoms with E-state index in [-0.39, 0.29) is 23.8 Å². The normalized spacial score (nSPS) is 19.2. The first-order chi connectivity index (χ1) is 10.4. The molecule has 0 aromatic heterocycles. The molecule has 0 aromatic carbocycles. The second-order valence-corrected chi connectivity index (χ2v) is 6.47. The molecular formula is C16H26N2O4. The van der Waals surface area contributed by atoms with Crippen LogP contribution in [0.1, 0.15) is 52.4 Å². The molecule has 2 aliphatic rings. The van der Waals surface area contributed by atoms with Crippen molar-refractivity contribution in [2.45, 2.75) is 64.0 Å². The standard InChI is InChI=1S/C16H26N2O4/c1-4-16(11-5-6-11,12-7-8-12)18-15(21)13(17-10(2)19)9-14(20)22-3/h11-13H,4-9H2,1-3H3,(H,17,19)(H,18,21)/t13-/m0/s1. The van der Waals surface area contributed by atoms with Crippen molar-refractivity contribution in [2.24, 2.45) is 11.8 Å². The van der Waals surface area contributed by atoms with Crippen molar-refractivity contribution >= 4 is 17.8 Å². The third-order valence-corrected chi connectivity index (χ3v) is 4.85. The minimum atomic E-state index is -0.867. The minimum absolute atomic E-state index is 0.142. The number of ether oxygens (including phenoxy) is 1. The molecule has 124 valence electrons. The second-order valence-electron chi connectivity index (χ2n) is 6.47. The third-order valence-electron chi connectivity index (χ3n) is 4.85. The molecule has 0 aromatic rings. The first-order valence-corrected chi connectivity index (χ1v) is 8.08. The summed E-state index contributed by atoms with van der Waals surface area (Å²) in [6.07, 6.45) is 5.33. The molecule has 2 fully saturated rings. The zero-order valence-corrected chi connectivity index (χ0v) is 13.6. The van der Waals surface area contributed by atoms with Crippen LogP contribution in [0, 0.1) is 11.8 Å². The molecule has 0 bridgehead atoms. The van der Waals surface area contributed by atoms with Crippen LogP contribution in [0.2, 0.25) is 0 Å². The van der Waals surface area contributed by atoms with Crippen LogP contribution < -0.4 is 10.6 Å². The lowest BCUT2D eigenvalue weighted by molar-refractivity contribution is -0.144. The summed E-state index contributed by atoms with van der Waals surface area (Å²) in [4.78, 5) is 35.4. The van der Waals surface area contributed by atoms with Gasteiger partial charge in [-0.05, 0) is 43.9 Å². The van der Waals surface area contributed by atoms with Gasteiger partial charge in [-0.15, -0.1) is 0 Å². The Morgan fingerprint density at radius 1 is 1.18 bits per heavy atom. The van der Waals surface area contributed by atoms with E-state index in [9.17, 15) is 14.4 Å². The summed E-state index contributed by atoms with van der Waals surface area (Å²) in [6.45, 7) is 3.44. The fourth-order valence-electron chi connectivity index (χ4n) is 3.42. The summed E-state index contributed by atoms with van der Waals surface area (Å²) in [5.41, 5.74) is -0.163. The molecule has 0 aliphatic heterocycles. The fraction of sp³-hybridized carbons (Fsp3) is 0.812. The predicted molar refractivity (Wildman–Crippen MR) is 80.9 cm³/mol. The lowest BCUT2D eigenvalue weighted by atomic mass is 9.84. The van der Waals surface area contributed by atoms with Gasteiger partial charge >= 0.3 is 5.97 Å². The van der Waals surface area contributed by atoms with Crippen LogP contribution in [-0.4, -0.2) is 36.5 Å². The van der Waals surface area contributed by atoms with E-state index in [2.05, 4.69) is 22.3 Å². The second kappa shape index (κ2) is 6.67. The first kappa shape index (κ1) is 16.8. The van der Waals surface area contributed by atoms with Gasteiger partial charge in [0.2, 0.25) is 11.8 Å². The molecule has 6 nitrogen and oxygen atoms in total. The van der Waals surface area contributed by atoms with Crippen molar-refractivity contribution in [2.75, 3.05) is 7.11 Å². The molecule has 2 N–H and O–H groups in total. The molecule has 0 unspecified atom stereocenters. The quantitative estimate of drug-likeness (QED) is 0.658. The van der Waals surface area contributed by atoms with Crippen LogP contribution in [0.5, 0.6) is 0 Å². The predicted octanol–water partition coefficient (Wildman–Crippen LogP) is 1.14. The number of amides is 2. The van der Waals surface area contributed by atoms with Crippen molar-refractivity contribution in [1.82, 2.24) is 10.6 Å². The monoisotopic (exact) mass is 310 g/mol. The van der Waals surface area contributed by atoms with E-state index < -0.39 is 12.0 Å². The molecule has 2 amide bonds. The van der Waals surface area contributed by atoms with E-state index in [4.69, 9.17) is 0 Å². The van der Waals surface area contributed by atoms with Crippen molar-refractivity contribution in [3.8, 4) is 0 Å². The highest BCUT2D eigenvalue weighted by Gasteiger charge is 2.54. The molecule has 2 aliphatic carbocycles. The lowest BCUT2D eigenvalue weighted by Gasteiger charge is -2.36. The zero-order valence-electron chi connectivity index (χ0n) is 13.6. The van der Waals surface area contributed by atoms with Gasteiger partial charge < -0.3 is 15.4 Å². The van der Waals surface area contributed by atoms with E-state index in [0.29, 0.717) is 11.8 Å². The summed E-state index contributed by atoms with van der Waals surface area (Å²) in [7, 11) is 1.27. The van der Waals surface area contributed by atoms with Crippen molar-refractivity contribution in [1.29, 1.82) is 0 Å². The van der Waals surface area contributed by atoms with Gasteiger partial charge in [0.15, 0.2) is 0 Å². The van der Waals surface area contributed by atoms with Gasteiger partial charge in [-0.2, -0.15) is 0 Å². The molecule has 0 heterocycles. The van der Waals surface area contributed by atoms with Crippen molar-refractivity contribution < 1.29 is 19.1 Å². The van der Waals surface area contributed by atoms with E-state index in [1.54, 1.807) is 0 Å². The summed E-state index contributed by atoms with van der Waals surface area (Å²) < 4.78 is 4.62. The van der Waals surface area contributed by atoms with Crippen LogP contribution in [0.3, 0.4) is 0 Å². The van der Waals surface area contributed by atoms with Crippen LogP contribution in [0.15, 0.2) is 0 Å². The Morgan fingerprint density at radius 2 is 1.73 bits per heavy atom. The molecule has 0 spiro atoms. The number of esters is 1. The molecule has 2 rings (SSSR count). The Labute approximate surface area is 131 Å². The Morgan fingerprint density at radius 3 is 2.09 bits per heavy atom. The SMILES string of the molecule is CCC(NC(=O)[C@H](CC(=O)OC)NC(C)=O)(C1CC1)C1CC1. The van der Waals surface area contributed by atoms with Crippen LogP contribution in [0.25, 0.3) is 0 Å². The largest absolute Gasteiger partial charge is 0.469 e. The Kier molecular flexibility index (Phi) is 5.08. The van der Waals surface area contributed by atoms with Crippen LogP contribution in [0.4, 0.5) is 0 Å². The minimum Gasteiger partial charge on any atom is -0.469 e. The summed E-state index contributed by atoms with van der Waals surface area (Å²) in [5, 5.41) is 5.74. The first-order valence-electron chi connectivity index (χ1n) is 8.08. The molecule has 22 heavy (non-hydrogen) atoms. The number of carbonyl (C=O) groups is 3. The zero-order chi connectivity index (χ0) is 16.3. The fourth-order valence-corrected chi connectivity index (χ4v) is 3.42. The number of rotatable bonds is 8. The van der Waals surface area contributed by atoms with E-state index in [1.807, 2.05) is 0 Å². The summed E-state index contributed by atoms with van der Waals surface area (Å²) in [5.74, 6) is -0.0470. The summed E-state index contributed by atoms with van der Waals surface area (Å²) in [6, 6.07) is -0.867. The highest BCUT2D eigenvalue weighted by Crippen LogP contribution is 2.53. The Balaban J connectivity index is 2.07. The van der Waals surface area contributed by atoms with E-state index in [0.717, 1.165) is 32.1 Å². The smallest absolute Gasteiger partial charge is 0.308 e. The number of methoxy groups -OCH3 is 1. The topological polar surface area (TPSA) is 84.5 Å². The van der Waals surface area contributed by atoms with Gasteiger partial charge in [0, 0.05) is 12.5 Å². The average Bonchev–Trinajstić information content (AvgIpc) is 3.34. The van der Waals surface area contributed by atoms with Crippen molar-refractivity contribution in [3.05, 3.63) is 0 Å². The van der Waals surface area contributed by atoms with Crippen LogP contribution in [-0.2, 0) is 19.1 Å². The lowest BCUT2D eigenvalue weighted by Crippen LogP contribution is -2.58. The average molecular weight is 310 g/mol. The Hall–Kier alpha value is -1.59. The molecule has 0 radical (unpaired) electrons. The maximum Gasteiger partial charge on any atom is 0.308 e. The molecule has 0 saturated heterocycles. The maximum atomic E-state index is 12.6. The highest BCUT2D eigenvalue weighted by molar-refractivity contribution is 5.90. The third kappa shape index (κ3) is 3.78. The highest BCUT2D eigenvalue weighted by atomic mass is 16.5. The molecule has 2 saturated carbocycles. The molecule has 6 heteroatoms. The van der Waals surface area contributed by atoms with Gasteiger partial charge in [-0.1, -0.05) is 6.92 Å².